The summed E-state index contributed by atoms with van der Waals surface area (Å²) in [7, 11) is 1.88. The number of piperidine rings is 1. The molecule has 3 aliphatic rings. The summed E-state index contributed by atoms with van der Waals surface area (Å²) in [6.07, 6.45) is -0.245. The van der Waals surface area contributed by atoms with Crippen LogP contribution in [0.4, 0.5) is 19.0 Å². The average Bonchev–Trinajstić information content (AvgIpc) is 3.44. The molecular weight excluding hydrogens is 521 g/mol. The molecule has 2 saturated heterocycles. The summed E-state index contributed by atoms with van der Waals surface area (Å²) in [6, 6.07) is 8.78. The zero-order chi connectivity index (χ0) is 28.2. The Morgan fingerprint density at radius 1 is 1.12 bits per heavy atom. The van der Waals surface area contributed by atoms with Crippen LogP contribution >= 0.6 is 0 Å². The normalized spacial score (nSPS) is 22.9. The Bertz CT molecular complexity index is 1430. The molecule has 3 aliphatic heterocycles. The molecule has 6 rings (SSSR count). The number of aryl methyl sites for hydroxylation is 1. The Morgan fingerprint density at radius 2 is 1.93 bits per heavy atom. The first kappa shape index (κ1) is 26.9. The Morgan fingerprint density at radius 3 is 2.60 bits per heavy atom. The summed E-state index contributed by atoms with van der Waals surface area (Å²) in [6.45, 7) is 6.64. The van der Waals surface area contributed by atoms with E-state index in [2.05, 4.69) is 33.9 Å². The lowest BCUT2D eigenvalue weighted by Crippen LogP contribution is -2.49. The molecule has 0 saturated carbocycles. The van der Waals surface area contributed by atoms with Gasteiger partial charge in [0.2, 0.25) is 0 Å². The number of hydrogen-bond donors (Lipinski definition) is 0. The number of ether oxygens (including phenoxy) is 1. The van der Waals surface area contributed by atoms with E-state index >= 15 is 0 Å². The molecule has 2 fully saturated rings. The quantitative estimate of drug-likeness (QED) is 0.446. The molecule has 0 radical (unpaired) electrons. The van der Waals surface area contributed by atoms with Crippen molar-refractivity contribution in [1.82, 2.24) is 24.6 Å². The van der Waals surface area contributed by atoms with E-state index in [-0.39, 0.29) is 29.7 Å². The molecule has 212 valence electrons. The molecule has 5 heterocycles. The van der Waals surface area contributed by atoms with E-state index < -0.39 is 11.9 Å². The molecule has 0 N–H and O–H groups in total. The van der Waals surface area contributed by atoms with E-state index in [9.17, 15) is 18.0 Å². The van der Waals surface area contributed by atoms with E-state index in [1.54, 1.807) is 12.4 Å². The number of aromatic nitrogens is 4. The fourth-order valence-corrected chi connectivity index (χ4v) is 6.09. The Hall–Kier alpha value is -3.31. The molecule has 2 atom stereocenters. The summed E-state index contributed by atoms with van der Waals surface area (Å²) in [5, 5.41) is 8.18. The maximum Gasteiger partial charge on any atom is 0.433 e. The zero-order valence-electron chi connectivity index (χ0n) is 22.9. The van der Waals surface area contributed by atoms with Crippen LogP contribution in [-0.4, -0.2) is 56.4 Å². The van der Waals surface area contributed by atoms with Crippen molar-refractivity contribution in [3.8, 4) is 0 Å². The molecular formula is C29H33F3N6O2. The largest absolute Gasteiger partial charge is 0.433 e. The third kappa shape index (κ3) is 4.89. The minimum absolute atomic E-state index is 0.0334. The summed E-state index contributed by atoms with van der Waals surface area (Å²) < 4.78 is 49.2. The van der Waals surface area contributed by atoms with Crippen LogP contribution in [0.2, 0.25) is 0 Å². The number of alkyl halides is 3. The molecule has 1 aromatic carbocycles. The van der Waals surface area contributed by atoms with E-state index in [4.69, 9.17) is 4.74 Å². The van der Waals surface area contributed by atoms with Crippen molar-refractivity contribution in [3.05, 3.63) is 70.4 Å². The first-order valence-electron chi connectivity index (χ1n) is 13.7. The van der Waals surface area contributed by atoms with Crippen molar-refractivity contribution in [3.63, 3.8) is 0 Å². The SMILES string of the molecule is CC1CCC(C)N(Cc2cc(N3Cc4ccc(C5(Cc6nncn6C)COC5)cc4C3=O)nc(C(F)(F)F)c2)C1. The highest BCUT2D eigenvalue weighted by Gasteiger charge is 2.43. The van der Waals surface area contributed by atoms with Crippen LogP contribution in [0.5, 0.6) is 0 Å². The molecule has 0 bridgehead atoms. The number of pyridine rings is 1. The Balaban J connectivity index is 1.30. The standard InChI is InChI=1S/C29H33F3N6O2/c1-18-4-5-19(2)37(12-18)13-20-8-24(29(30,31)32)34-25(9-20)38-14-21-6-7-22(10-23(21)27(38)39)28(15-40-16-28)11-26-35-33-17-36(26)3/h6-10,17-19H,4-5,11-16H2,1-3H3. The molecule has 11 heteroatoms. The second-order valence-corrected chi connectivity index (χ2v) is 11.7. The maximum atomic E-state index is 13.9. The molecule has 1 amide bonds. The summed E-state index contributed by atoms with van der Waals surface area (Å²) >= 11 is 0. The van der Waals surface area contributed by atoms with Crippen LogP contribution in [-0.2, 0) is 42.9 Å². The van der Waals surface area contributed by atoms with Crippen molar-refractivity contribution >= 4 is 11.7 Å². The molecule has 2 aromatic heterocycles. The number of rotatable bonds is 6. The number of carbonyl (C=O) groups excluding carboxylic acids is 1. The van der Waals surface area contributed by atoms with Crippen LogP contribution in [0.3, 0.4) is 0 Å². The number of likely N-dealkylation sites (tertiary alicyclic amines) is 1. The molecule has 0 spiro atoms. The van der Waals surface area contributed by atoms with Crippen molar-refractivity contribution < 1.29 is 22.7 Å². The molecule has 40 heavy (non-hydrogen) atoms. The minimum Gasteiger partial charge on any atom is -0.379 e. The summed E-state index contributed by atoms with van der Waals surface area (Å²) in [5.74, 6) is 0.992. The first-order chi connectivity index (χ1) is 19.0. The van der Waals surface area contributed by atoms with Crippen molar-refractivity contribution in [2.45, 2.75) is 63.8 Å². The second kappa shape index (κ2) is 9.95. The van der Waals surface area contributed by atoms with Gasteiger partial charge in [-0.1, -0.05) is 19.1 Å². The number of carbonyl (C=O) groups is 1. The smallest absolute Gasteiger partial charge is 0.379 e. The Labute approximate surface area is 231 Å². The lowest BCUT2D eigenvalue weighted by atomic mass is 9.75. The summed E-state index contributed by atoms with van der Waals surface area (Å²) in [4.78, 5) is 21.2. The van der Waals surface area contributed by atoms with Gasteiger partial charge in [0, 0.05) is 43.6 Å². The lowest BCUT2D eigenvalue weighted by molar-refractivity contribution is -0.141. The second-order valence-electron chi connectivity index (χ2n) is 11.7. The van der Waals surface area contributed by atoms with E-state index in [0.717, 1.165) is 42.4 Å². The van der Waals surface area contributed by atoms with Crippen LogP contribution in [0, 0.1) is 5.92 Å². The monoisotopic (exact) mass is 554 g/mol. The third-order valence-electron chi connectivity index (χ3n) is 8.66. The van der Waals surface area contributed by atoms with Gasteiger partial charge in [-0.3, -0.25) is 14.6 Å². The van der Waals surface area contributed by atoms with Gasteiger partial charge in [-0.25, -0.2) is 4.98 Å². The van der Waals surface area contributed by atoms with Gasteiger partial charge >= 0.3 is 6.18 Å². The van der Waals surface area contributed by atoms with E-state index in [1.165, 1.54) is 4.90 Å². The minimum atomic E-state index is -4.62. The van der Waals surface area contributed by atoms with Crippen molar-refractivity contribution in [2.75, 3.05) is 24.7 Å². The number of amides is 1. The number of halogens is 3. The van der Waals surface area contributed by atoms with E-state index in [0.29, 0.717) is 43.2 Å². The fraction of sp³-hybridized carbons (Fsp3) is 0.517. The van der Waals surface area contributed by atoms with Gasteiger partial charge in [-0.15, -0.1) is 10.2 Å². The zero-order valence-corrected chi connectivity index (χ0v) is 22.9. The molecule has 3 aromatic rings. The predicted molar refractivity (Wildman–Crippen MR) is 142 cm³/mol. The highest BCUT2D eigenvalue weighted by atomic mass is 19.4. The van der Waals surface area contributed by atoms with Crippen LogP contribution in [0.25, 0.3) is 0 Å². The average molecular weight is 555 g/mol. The highest BCUT2D eigenvalue weighted by molar-refractivity contribution is 6.09. The van der Waals surface area contributed by atoms with Gasteiger partial charge in [0.15, 0.2) is 0 Å². The van der Waals surface area contributed by atoms with Gasteiger partial charge in [-0.05, 0) is 60.6 Å². The van der Waals surface area contributed by atoms with Gasteiger partial charge in [-0.2, -0.15) is 13.2 Å². The summed E-state index contributed by atoms with van der Waals surface area (Å²) in [5.41, 5.74) is 1.39. The lowest BCUT2D eigenvalue weighted by Gasteiger charge is -2.41. The van der Waals surface area contributed by atoms with Gasteiger partial charge in [0.1, 0.15) is 23.7 Å². The molecule has 0 aliphatic carbocycles. The predicted octanol–water partition coefficient (Wildman–Crippen LogP) is 4.52. The van der Waals surface area contributed by atoms with Crippen LogP contribution in [0.1, 0.15) is 65.3 Å². The van der Waals surface area contributed by atoms with Crippen molar-refractivity contribution in [2.24, 2.45) is 13.0 Å². The number of fused-ring (bicyclic) bond motifs is 1. The fourth-order valence-electron chi connectivity index (χ4n) is 6.09. The topological polar surface area (TPSA) is 76.4 Å². The van der Waals surface area contributed by atoms with Crippen molar-refractivity contribution in [1.29, 1.82) is 0 Å². The number of benzene rings is 1. The Kier molecular flexibility index (Phi) is 6.69. The van der Waals surface area contributed by atoms with Crippen LogP contribution in [0.15, 0.2) is 36.7 Å². The van der Waals surface area contributed by atoms with Gasteiger partial charge in [0.05, 0.1) is 19.8 Å². The molecule has 2 unspecified atom stereocenters. The van der Waals surface area contributed by atoms with Crippen LogP contribution < -0.4 is 4.90 Å². The number of hydrogen-bond acceptors (Lipinski definition) is 6. The van der Waals surface area contributed by atoms with Gasteiger partial charge < -0.3 is 9.30 Å². The number of anilines is 1. The first-order valence-corrected chi connectivity index (χ1v) is 13.7. The molecule has 8 nitrogen and oxygen atoms in total. The highest BCUT2D eigenvalue weighted by Crippen LogP contribution is 2.39. The van der Waals surface area contributed by atoms with Gasteiger partial charge in [0.25, 0.3) is 5.91 Å². The van der Waals surface area contributed by atoms with E-state index in [1.807, 2.05) is 29.8 Å². The third-order valence-corrected chi connectivity index (χ3v) is 8.66. The maximum absolute atomic E-state index is 13.9. The number of nitrogens with zero attached hydrogens (tertiary/aromatic N) is 6.